The topological polar surface area (TPSA) is 66.9 Å². The maximum Gasteiger partial charge on any atom is 0.319 e. The van der Waals surface area contributed by atoms with Crippen molar-refractivity contribution < 1.29 is 4.79 Å². The number of urea groups is 1. The van der Waals surface area contributed by atoms with Crippen LogP contribution in [0.1, 0.15) is 6.92 Å². The molecule has 5 nitrogen and oxygen atoms in total. The molecule has 7 heteroatoms. The zero-order chi connectivity index (χ0) is 11.5. The fraction of sp³-hybridized carbons (Fsp3) is 0.222. The molecule has 0 aliphatic heterocycles. The van der Waals surface area contributed by atoms with Gasteiger partial charge in [0.05, 0.1) is 22.4 Å². The van der Waals surface area contributed by atoms with Crippen LogP contribution in [0.5, 0.6) is 0 Å². The average Bonchev–Trinajstić information content (AvgIpc) is 2.71. The van der Waals surface area contributed by atoms with Gasteiger partial charge >= 0.3 is 6.03 Å². The highest BCUT2D eigenvalue weighted by Gasteiger charge is 2.11. The van der Waals surface area contributed by atoms with E-state index in [4.69, 9.17) is 11.6 Å². The predicted octanol–water partition coefficient (Wildman–Crippen LogP) is 2.49. The van der Waals surface area contributed by atoms with Gasteiger partial charge in [-0.1, -0.05) is 11.6 Å². The minimum absolute atomic E-state index is 0.301. The quantitative estimate of drug-likeness (QED) is 0.868. The molecule has 1 heterocycles. The Bertz CT molecular complexity index is 527. The van der Waals surface area contributed by atoms with Gasteiger partial charge in [0, 0.05) is 6.54 Å². The van der Waals surface area contributed by atoms with Crippen molar-refractivity contribution >= 4 is 46.1 Å². The Morgan fingerprint density at radius 1 is 1.50 bits per heavy atom. The van der Waals surface area contributed by atoms with E-state index in [-0.39, 0.29) is 6.03 Å². The standard InChI is InChI=1S/C9H9ClN4OS/c1-2-11-9(15)12-7-5(10)3-4-6-8(7)14-16-13-6/h3-4H,2H2,1H3,(H2,11,12,15). The number of benzene rings is 1. The second-order valence-electron chi connectivity index (χ2n) is 3.04. The summed E-state index contributed by atoms with van der Waals surface area (Å²) in [6.07, 6.45) is 0. The highest BCUT2D eigenvalue weighted by Crippen LogP contribution is 2.29. The van der Waals surface area contributed by atoms with Crippen molar-refractivity contribution in [2.45, 2.75) is 6.92 Å². The van der Waals surface area contributed by atoms with E-state index in [1.165, 1.54) is 0 Å². The van der Waals surface area contributed by atoms with Gasteiger partial charge in [0.15, 0.2) is 0 Å². The minimum atomic E-state index is -0.301. The van der Waals surface area contributed by atoms with E-state index < -0.39 is 0 Å². The number of rotatable bonds is 2. The largest absolute Gasteiger partial charge is 0.338 e. The van der Waals surface area contributed by atoms with Gasteiger partial charge in [-0.3, -0.25) is 0 Å². The maximum absolute atomic E-state index is 11.4. The Hall–Kier alpha value is -1.40. The van der Waals surface area contributed by atoms with Gasteiger partial charge in [-0.25, -0.2) is 4.79 Å². The first-order chi connectivity index (χ1) is 7.72. The molecule has 2 N–H and O–H groups in total. The van der Waals surface area contributed by atoms with Crippen LogP contribution in [-0.4, -0.2) is 21.3 Å². The number of hydrogen-bond donors (Lipinski definition) is 2. The van der Waals surface area contributed by atoms with Gasteiger partial charge in [-0.2, -0.15) is 8.75 Å². The van der Waals surface area contributed by atoms with E-state index in [0.29, 0.717) is 22.8 Å². The van der Waals surface area contributed by atoms with Crippen molar-refractivity contribution in [3.05, 3.63) is 17.2 Å². The van der Waals surface area contributed by atoms with E-state index >= 15 is 0 Å². The monoisotopic (exact) mass is 256 g/mol. The molecule has 0 aliphatic carbocycles. The second-order valence-corrected chi connectivity index (χ2v) is 3.97. The first-order valence-electron chi connectivity index (χ1n) is 4.68. The minimum Gasteiger partial charge on any atom is -0.338 e. The lowest BCUT2D eigenvalue weighted by Crippen LogP contribution is -2.28. The van der Waals surface area contributed by atoms with Crippen molar-refractivity contribution in [1.82, 2.24) is 14.1 Å². The Morgan fingerprint density at radius 3 is 3.06 bits per heavy atom. The van der Waals surface area contributed by atoms with Gasteiger partial charge in [-0.15, -0.1) is 0 Å². The molecule has 0 saturated heterocycles. The van der Waals surface area contributed by atoms with Crippen molar-refractivity contribution in [2.24, 2.45) is 0 Å². The molecular formula is C9H9ClN4OS. The summed E-state index contributed by atoms with van der Waals surface area (Å²) in [6.45, 7) is 2.39. The average molecular weight is 257 g/mol. The Balaban J connectivity index is 2.38. The van der Waals surface area contributed by atoms with E-state index in [1.54, 1.807) is 12.1 Å². The first kappa shape index (κ1) is 11.1. The summed E-state index contributed by atoms with van der Waals surface area (Å²) >= 11 is 7.08. The molecule has 2 amide bonds. The molecular weight excluding hydrogens is 248 g/mol. The second kappa shape index (κ2) is 4.63. The molecule has 0 fully saturated rings. The molecule has 0 atom stereocenters. The van der Waals surface area contributed by atoms with Crippen LogP contribution < -0.4 is 10.6 Å². The highest BCUT2D eigenvalue weighted by atomic mass is 35.5. The zero-order valence-corrected chi connectivity index (χ0v) is 10.0. The normalized spacial score (nSPS) is 10.4. The number of carbonyl (C=O) groups is 1. The number of fused-ring (bicyclic) bond motifs is 1. The third-order valence-corrected chi connectivity index (χ3v) is 2.81. The Kier molecular flexibility index (Phi) is 3.21. The lowest BCUT2D eigenvalue weighted by molar-refractivity contribution is 0.252. The summed E-state index contributed by atoms with van der Waals surface area (Å²) in [4.78, 5) is 11.4. The van der Waals surface area contributed by atoms with E-state index in [2.05, 4.69) is 19.4 Å². The number of nitrogens with zero attached hydrogens (tertiary/aromatic N) is 2. The molecule has 84 valence electrons. The van der Waals surface area contributed by atoms with Crippen LogP contribution >= 0.6 is 23.3 Å². The van der Waals surface area contributed by atoms with Gasteiger partial charge in [-0.05, 0) is 19.1 Å². The summed E-state index contributed by atoms with van der Waals surface area (Å²) in [5.74, 6) is 0. The van der Waals surface area contributed by atoms with Crippen molar-refractivity contribution in [3.8, 4) is 0 Å². The molecule has 0 unspecified atom stereocenters. The van der Waals surface area contributed by atoms with Gasteiger partial charge in [0.25, 0.3) is 0 Å². The number of amides is 2. The van der Waals surface area contributed by atoms with E-state index in [0.717, 1.165) is 17.2 Å². The number of anilines is 1. The Morgan fingerprint density at radius 2 is 2.31 bits per heavy atom. The number of nitrogens with one attached hydrogen (secondary N) is 2. The number of hydrogen-bond acceptors (Lipinski definition) is 4. The Labute approximate surface area is 101 Å². The SMILES string of the molecule is CCNC(=O)Nc1c(Cl)ccc2nsnc12. The molecule has 0 radical (unpaired) electrons. The molecule has 1 aromatic heterocycles. The zero-order valence-electron chi connectivity index (χ0n) is 8.45. The summed E-state index contributed by atoms with van der Waals surface area (Å²) < 4.78 is 8.17. The van der Waals surface area contributed by atoms with Crippen molar-refractivity contribution in [1.29, 1.82) is 0 Å². The lowest BCUT2D eigenvalue weighted by atomic mass is 10.2. The molecule has 0 saturated carbocycles. The number of halogens is 1. The van der Waals surface area contributed by atoms with Crippen LogP contribution in [0, 0.1) is 0 Å². The third-order valence-electron chi connectivity index (χ3n) is 1.95. The van der Waals surface area contributed by atoms with Crippen LogP contribution in [0.4, 0.5) is 10.5 Å². The molecule has 0 spiro atoms. The van der Waals surface area contributed by atoms with Crippen LogP contribution in [0.2, 0.25) is 5.02 Å². The first-order valence-corrected chi connectivity index (χ1v) is 5.79. The van der Waals surface area contributed by atoms with Crippen LogP contribution in [0.3, 0.4) is 0 Å². The molecule has 1 aromatic carbocycles. The summed E-state index contributed by atoms with van der Waals surface area (Å²) in [5, 5.41) is 5.74. The van der Waals surface area contributed by atoms with Crippen LogP contribution in [-0.2, 0) is 0 Å². The van der Waals surface area contributed by atoms with Gasteiger partial charge in [0.1, 0.15) is 11.0 Å². The molecule has 2 rings (SSSR count). The van der Waals surface area contributed by atoms with Gasteiger partial charge < -0.3 is 10.6 Å². The van der Waals surface area contributed by atoms with Gasteiger partial charge in [0.2, 0.25) is 0 Å². The highest BCUT2D eigenvalue weighted by molar-refractivity contribution is 7.00. The predicted molar refractivity (Wildman–Crippen MR) is 65.1 cm³/mol. The van der Waals surface area contributed by atoms with E-state index in [1.807, 2.05) is 6.92 Å². The lowest BCUT2D eigenvalue weighted by Gasteiger charge is -2.07. The van der Waals surface area contributed by atoms with Crippen LogP contribution in [0.15, 0.2) is 12.1 Å². The molecule has 0 bridgehead atoms. The van der Waals surface area contributed by atoms with E-state index in [9.17, 15) is 4.79 Å². The molecule has 0 aliphatic rings. The maximum atomic E-state index is 11.4. The summed E-state index contributed by atoms with van der Waals surface area (Å²) in [6, 6.07) is 3.15. The van der Waals surface area contributed by atoms with Crippen molar-refractivity contribution in [2.75, 3.05) is 11.9 Å². The number of carbonyl (C=O) groups excluding carboxylic acids is 1. The summed E-state index contributed by atoms with van der Waals surface area (Å²) in [7, 11) is 0. The number of aromatic nitrogens is 2. The summed E-state index contributed by atoms with van der Waals surface area (Å²) in [5.41, 5.74) is 1.84. The molecule has 2 aromatic rings. The fourth-order valence-electron chi connectivity index (χ4n) is 1.26. The fourth-order valence-corrected chi connectivity index (χ4v) is 2.01. The third kappa shape index (κ3) is 2.07. The smallest absolute Gasteiger partial charge is 0.319 e. The molecule has 16 heavy (non-hydrogen) atoms. The van der Waals surface area contributed by atoms with Crippen molar-refractivity contribution in [3.63, 3.8) is 0 Å². The van der Waals surface area contributed by atoms with Crippen LogP contribution in [0.25, 0.3) is 11.0 Å².